The van der Waals surface area contributed by atoms with Gasteiger partial charge in [-0.1, -0.05) is 12.1 Å². The lowest BCUT2D eigenvalue weighted by Gasteiger charge is -2.37. The van der Waals surface area contributed by atoms with Gasteiger partial charge in [0.25, 0.3) is 5.91 Å². The van der Waals surface area contributed by atoms with Crippen molar-refractivity contribution in [2.24, 2.45) is 0 Å². The average molecular weight is 365 g/mol. The molecule has 3 heterocycles. The van der Waals surface area contributed by atoms with E-state index < -0.39 is 0 Å². The van der Waals surface area contributed by atoms with Gasteiger partial charge in [0.05, 0.1) is 0 Å². The fourth-order valence-electron chi connectivity index (χ4n) is 3.91. The third-order valence-electron chi connectivity index (χ3n) is 5.49. The van der Waals surface area contributed by atoms with Crippen LogP contribution in [-0.2, 0) is 0 Å². The van der Waals surface area contributed by atoms with E-state index in [1.54, 1.807) is 0 Å². The van der Waals surface area contributed by atoms with Crippen molar-refractivity contribution < 1.29 is 4.79 Å². The largest absolute Gasteiger partial charge is 0.368 e. The second-order valence-electron chi connectivity index (χ2n) is 7.43. The molecule has 142 valence electrons. The molecule has 2 aromatic rings. The van der Waals surface area contributed by atoms with E-state index in [1.165, 1.54) is 24.0 Å². The van der Waals surface area contributed by atoms with Gasteiger partial charge < -0.3 is 14.7 Å². The SMILES string of the molecule is Cc1cccc(N2CCN(c3cc(C(=O)N4CCCCC4)ncn3)CC2)c1. The molecule has 0 bridgehead atoms. The second kappa shape index (κ2) is 7.94. The summed E-state index contributed by atoms with van der Waals surface area (Å²) in [7, 11) is 0. The Morgan fingerprint density at radius 1 is 0.889 bits per heavy atom. The third kappa shape index (κ3) is 4.04. The summed E-state index contributed by atoms with van der Waals surface area (Å²) in [5.41, 5.74) is 3.08. The molecule has 6 heteroatoms. The molecule has 1 amide bonds. The molecular weight excluding hydrogens is 338 g/mol. The lowest BCUT2D eigenvalue weighted by Crippen LogP contribution is -2.47. The van der Waals surface area contributed by atoms with Crippen LogP contribution in [0.15, 0.2) is 36.7 Å². The van der Waals surface area contributed by atoms with Crippen molar-refractivity contribution in [3.05, 3.63) is 47.9 Å². The predicted octanol–water partition coefficient (Wildman–Crippen LogP) is 2.74. The number of likely N-dealkylation sites (tertiary alicyclic amines) is 1. The summed E-state index contributed by atoms with van der Waals surface area (Å²) in [6, 6.07) is 10.5. The number of aryl methyl sites for hydroxylation is 1. The Balaban J connectivity index is 1.42. The Kier molecular flexibility index (Phi) is 5.23. The number of carbonyl (C=O) groups is 1. The van der Waals surface area contributed by atoms with E-state index in [4.69, 9.17) is 0 Å². The van der Waals surface area contributed by atoms with Gasteiger partial charge in [0.1, 0.15) is 17.8 Å². The van der Waals surface area contributed by atoms with Crippen LogP contribution in [0.2, 0.25) is 0 Å². The van der Waals surface area contributed by atoms with Crippen LogP contribution >= 0.6 is 0 Å². The van der Waals surface area contributed by atoms with Crippen LogP contribution in [0.3, 0.4) is 0 Å². The number of amides is 1. The first kappa shape index (κ1) is 17.8. The molecular formula is C21H27N5O. The summed E-state index contributed by atoms with van der Waals surface area (Å²) >= 11 is 0. The number of nitrogens with zero attached hydrogens (tertiary/aromatic N) is 5. The van der Waals surface area contributed by atoms with Crippen molar-refractivity contribution in [1.29, 1.82) is 0 Å². The smallest absolute Gasteiger partial charge is 0.272 e. The van der Waals surface area contributed by atoms with Crippen LogP contribution in [0.1, 0.15) is 35.3 Å². The predicted molar refractivity (Wildman–Crippen MR) is 107 cm³/mol. The molecule has 0 aliphatic carbocycles. The molecule has 27 heavy (non-hydrogen) atoms. The van der Waals surface area contributed by atoms with E-state index >= 15 is 0 Å². The van der Waals surface area contributed by atoms with Crippen molar-refractivity contribution in [3.63, 3.8) is 0 Å². The molecule has 2 saturated heterocycles. The van der Waals surface area contributed by atoms with E-state index in [9.17, 15) is 4.79 Å². The Hall–Kier alpha value is -2.63. The van der Waals surface area contributed by atoms with Crippen LogP contribution in [0.4, 0.5) is 11.5 Å². The van der Waals surface area contributed by atoms with E-state index in [1.807, 2.05) is 11.0 Å². The minimum atomic E-state index is 0.0387. The normalized spacial score (nSPS) is 17.9. The number of piperazine rings is 1. The first-order chi connectivity index (χ1) is 13.2. The number of hydrogen-bond acceptors (Lipinski definition) is 5. The molecule has 2 aliphatic heterocycles. The molecule has 0 unspecified atom stereocenters. The topological polar surface area (TPSA) is 52.6 Å². The molecule has 0 atom stereocenters. The van der Waals surface area contributed by atoms with Crippen molar-refractivity contribution in [1.82, 2.24) is 14.9 Å². The van der Waals surface area contributed by atoms with Crippen molar-refractivity contribution in [3.8, 4) is 0 Å². The van der Waals surface area contributed by atoms with Crippen LogP contribution in [0, 0.1) is 6.92 Å². The maximum absolute atomic E-state index is 12.7. The molecule has 2 fully saturated rings. The fourth-order valence-corrected chi connectivity index (χ4v) is 3.91. The summed E-state index contributed by atoms with van der Waals surface area (Å²) in [5.74, 6) is 0.894. The van der Waals surface area contributed by atoms with Crippen LogP contribution in [0.25, 0.3) is 0 Å². The number of carbonyl (C=O) groups excluding carboxylic acids is 1. The number of piperidine rings is 1. The van der Waals surface area contributed by atoms with E-state index in [0.717, 1.165) is 57.9 Å². The lowest BCUT2D eigenvalue weighted by molar-refractivity contribution is 0.0718. The number of rotatable bonds is 3. The average Bonchev–Trinajstić information content (AvgIpc) is 2.74. The summed E-state index contributed by atoms with van der Waals surface area (Å²) in [6.07, 6.45) is 4.92. The zero-order chi connectivity index (χ0) is 18.6. The Morgan fingerprint density at radius 2 is 1.63 bits per heavy atom. The third-order valence-corrected chi connectivity index (χ3v) is 5.49. The van der Waals surface area contributed by atoms with Gasteiger partial charge >= 0.3 is 0 Å². The highest BCUT2D eigenvalue weighted by Gasteiger charge is 2.22. The number of benzene rings is 1. The van der Waals surface area contributed by atoms with Gasteiger partial charge in [-0.25, -0.2) is 9.97 Å². The van der Waals surface area contributed by atoms with Crippen molar-refractivity contribution >= 4 is 17.4 Å². The molecule has 2 aliphatic rings. The molecule has 0 radical (unpaired) electrons. The number of hydrogen-bond donors (Lipinski definition) is 0. The van der Waals surface area contributed by atoms with Gasteiger partial charge in [-0.05, 0) is 43.9 Å². The fraction of sp³-hybridized carbons (Fsp3) is 0.476. The molecule has 0 spiro atoms. The minimum absolute atomic E-state index is 0.0387. The van der Waals surface area contributed by atoms with Crippen molar-refractivity contribution in [2.75, 3.05) is 49.1 Å². The van der Waals surface area contributed by atoms with E-state index in [-0.39, 0.29) is 5.91 Å². The van der Waals surface area contributed by atoms with Gasteiger partial charge in [-0.2, -0.15) is 0 Å². The molecule has 4 rings (SSSR count). The van der Waals surface area contributed by atoms with Crippen LogP contribution < -0.4 is 9.80 Å². The minimum Gasteiger partial charge on any atom is -0.368 e. The first-order valence-corrected chi connectivity index (χ1v) is 9.88. The van der Waals surface area contributed by atoms with Gasteiger partial charge in [-0.15, -0.1) is 0 Å². The Bertz CT molecular complexity index is 795. The molecule has 0 N–H and O–H groups in total. The highest BCUT2D eigenvalue weighted by molar-refractivity contribution is 5.93. The van der Waals surface area contributed by atoms with E-state index in [0.29, 0.717) is 5.69 Å². The van der Waals surface area contributed by atoms with Crippen molar-refractivity contribution in [2.45, 2.75) is 26.2 Å². The Morgan fingerprint density at radius 3 is 2.37 bits per heavy atom. The number of anilines is 2. The quantitative estimate of drug-likeness (QED) is 0.837. The molecule has 6 nitrogen and oxygen atoms in total. The first-order valence-electron chi connectivity index (χ1n) is 9.88. The standard InChI is InChI=1S/C21H27N5O/c1-17-6-5-7-18(14-17)24-10-12-25(13-11-24)20-15-19(22-16-23-20)21(27)26-8-3-2-4-9-26/h5-7,14-16H,2-4,8-13H2,1H3. The van der Waals surface area contributed by atoms with Crippen LogP contribution in [-0.4, -0.2) is 60.0 Å². The summed E-state index contributed by atoms with van der Waals surface area (Å²) in [6.45, 7) is 7.48. The highest BCUT2D eigenvalue weighted by Crippen LogP contribution is 2.21. The summed E-state index contributed by atoms with van der Waals surface area (Å²) in [4.78, 5) is 28.0. The monoisotopic (exact) mass is 365 g/mol. The van der Waals surface area contributed by atoms with Gasteiger partial charge in [0.15, 0.2) is 0 Å². The zero-order valence-corrected chi connectivity index (χ0v) is 16.0. The molecule has 0 saturated carbocycles. The number of aromatic nitrogens is 2. The van der Waals surface area contributed by atoms with Gasteiger partial charge in [0, 0.05) is 51.0 Å². The maximum Gasteiger partial charge on any atom is 0.272 e. The van der Waals surface area contributed by atoms with Gasteiger partial charge in [-0.3, -0.25) is 4.79 Å². The summed E-state index contributed by atoms with van der Waals surface area (Å²) < 4.78 is 0. The second-order valence-corrected chi connectivity index (χ2v) is 7.43. The lowest BCUT2D eigenvalue weighted by atomic mass is 10.1. The highest BCUT2D eigenvalue weighted by atomic mass is 16.2. The molecule has 1 aromatic carbocycles. The zero-order valence-electron chi connectivity index (χ0n) is 16.0. The summed E-state index contributed by atoms with van der Waals surface area (Å²) in [5, 5.41) is 0. The van der Waals surface area contributed by atoms with Gasteiger partial charge in [0.2, 0.25) is 0 Å². The maximum atomic E-state index is 12.7. The van der Waals surface area contributed by atoms with E-state index in [2.05, 4.69) is 51.0 Å². The van der Waals surface area contributed by atoms with Crippen LogP contribution in [0.5, 0.6) is 0 Å². The molecule has 1 aromatic heterocycles. The Labute approximate surface area is 160 Å².